The highest BCUT2D eigenvalue weighted by molar-refractivity contribution is 6.06. The summed E-state index contributed by atoms with van der Waals surface area (Å²) in [6.07, 6.45) is 1.29. The Balaban J connectivity index is 2.02. The number of anilines is 1. The van der Waals surface area contributed by atoms with Crippen LogP contribution in [0.1, 0.15) is 28.8 Å². The van der Waals surface area contributed by atoms with E-state index in [9.17, 15) is 13.6 Å². The first kappa shape index (κ1) is 12.8. The van der Waals surface area contributed by atoms with E-state index in [0.717, 1.165) is 11.6 Å². The molecule has 4 heteroatoms. The molecule has 2 aromatic carbocycles. The maximum Gasteiger partial charge on any atom is 0.176 e. The summed E-state index contributed by atoms with van der Waals surface area (Å²) < 4.78 is 27.0. The summed E-state index contributed by atoms with van der Waals surface area (Å²) in [4.78, 5) is 12.5. The Labute approximate surface area is 115 Å². The number of carbonyl (C=O) groups is 1. The Kier molecular flexibility index (Phi) is 2.82. The number of nitrogens with two attached hydrogens (primary N) is 1. The molecule has 20 heavy (non-hydrogen) atoms. The Morgan fingerprint density at radius 2 is 1.70 bits per heavy atom. The molecule has 1 fully saturated rings. The number of nitrogen functional groups attached to an aromatic ring is 1. The fraction of sp³-hybridized carbons (Fsp3) is 0.188. The van der Waals surface area contributed by atoms with Crippen LogP contribution in [0.3, 0.4) is 0 Å². The largest absolute Gasteiger partial charge is 0.399 e. The van der Waals surface area contributed by atoms with Gasteiger partial charge in [-0.25, -0.2) is 8.78 Å². The van der Waals surface area contributed by atoms with E-state index >= 15 is 0 Å². The number of hydrogen-bond acceptors (Lipinski definition) is 2. The summed E-state index contributed by atoms with van der Waals surface area (Å²) in [5.74, 6) is -2.43. The van der Waals surface area contributed by atoms with Crippen molar-refractivity contribution < 1.29 is 13.6 Å². The molecule has 2 N–H and O–H groups in total. The van der Waals surface area contributed by atoms with Crippen LogP contribution >= 0.6 is 0 Å². The van der Waals surface area contributed by atoms with Crippen LogP contribution in [0.25, 0.3) is 0 Å². The van der Waals surface area contributed by atoms with Crippen LogP contribution < -0.4 is 5.73 Å². The van der Waals surface area contributed by atoms with Crippen molar-refractivity contribution in [2.75, 3.05) is 5.73 Å². The van der Waals surface area contributed by atoms with Crippen LogP contribution in [0.2, 0.25) is 0 Å². The van der Waals surface area contributed by atoms with Crippen molar-refractivity contribution >= 4 is 11.5 Å². The third kappa shape index (κ3) is 1.88. The van der Waals surface area contributed by atoms with Crippen molar-refractivity contribution in [3.8, 4) is 0 Å². The highest BCUT2D eigenvalue weighted by atomic mass is 19.2. The molecule has 0 aromatic heterocycles. The third-order valence-electron chi connectivity index (χ3n) is 3.84. The first-order valence-electron chi connectivity index (χ1n) is 6.39. The average molecular weight is 273 g/mol. The molecule has 0 radical (unpaired) electrons. The zero-order valence-electron chi connectivity index (χ0n) is 10.7. The molecule has 3 rings (SSSR count). The standard InChI is InChI=1S/C16H13F2NO/c17-13-3-1-2-12(14(13)18)15(20)16(8-9-16)10-4-6-11(19)7-5-10/h1-7H,8-9,19H2. The zero-order valence-corrected chi connectivity index (χ0v) is 10.7. The Hall–Kier alpha value is -2.23. The van der Waals surface area contributed by atoms with E-state index in [0.29, 0.717) is 18.5 Å². The topological polar surface area (TPSA) is 43.1 Å². The molecule has 0 saturated heterocycles. The highest BCUT2D eigenvalue weighted by Gasteiger charge is 2.51. The molecule has 0 bridgehead atoms. The zero-order chi connectivity index (χ0) is 14.3. The molecule has 2 aromatic rings. The first-order valence-corrected chi connectivity index (χ1v) is 6.39. The summed E-state index contributed by atoms with van der Waals surface area (Å²) in [6.45, 7) is 0. The molecule has 1 saturated carbocycles. The second-order valence-corrected chi connectivity index (χ2v) is 5.13. The summed E-state index contributed by atoms with van der Waals surface area (Å²) in [6, 6.07) is 10.7. The van der Waals surface area contributed by atoms with E-state index in [1.807, 2.05) is 0 Å². The van der Waals surface area contributed by atoms with E-state index in [4.69, 9.17) is 5.73 Å². The van der Waals surface area contributed by atoms with Crippen LogP contribution in [-0.4, -0.2) is 5.78 Å². The normalized spacial score (nSPS) is 15.9. The molecule has 102 valence electrons. The van der Waals surface area contributed by atoms with Gasteiger partial charge in [-0.15, -0.1) is 0 Å². The highest BCUT2D eigenvalue weighted by Crippen LogP contribution is 2.50. The minimum absolute atomic E-state index is 0.181. The maximum atomic E-state index is 13.8. The lowest BCUT2D eigenvalue weighted by atomic mass is 9.87. The third-order valence-corrected chi connectivity index (χ3v) is 3.84. The number of carbonyl (C=O) groups excluding carboxylic acids is 1. The molecular formula is C16H13F2NO. The fourth-order valence-corrected chi connectivity index (χ4v) is 2.51. The lowest BCUT2D eigenvalue weighted by Gasteiger charge is -2.15. The van der Waals surface area contributed by atoms with Gasteiger partial charge in [-0.05, 0) is 42.7 Å². The van der Waals surface area contributed by atoms with E-state index in [2.05, 4.69) is 0 Å². The van der Waals surface area contributed by atoms with Crippen molar-refractivity contribution in [2.45, 2.75) is 18.3 Å². The predicted molar refractivity (Wildman–Crippen MR) is 72.5 cm³/mol. The van der Waals surface area contributed by atoms with Crippen molar-refractivity contribution in [1.82, 2.24) is 0 Å². The second kappa shape index (κ2) is 4.40. The van der Waals surface area contributed by atoms with Crippen molar-refractivity contribution in [2.24, 2.45) is 0 Å². The second-order valence-electron chi connectivity index (χ2n) is 5.13. The molecule has 2 nitrogen and oxygen atoms in total. The molecule has 1 aliphatic carbocycles. The van der Waals surface area contributed by atoms with Crippen LogP contribution in [0.15, 0.2) is 42.5 Å². The molecule has 0 atom stereocenters. The van der Waals surface area contributed by atoms with Crippen molar-refractivity contribution in [3.05, 3.63) is 65.2 Å². The van der Waals surface area contributed by atoms with Gasteiger partial charge in [-0.1, -0.05) is 18.2 Å². The van der Waals surface area contributed by atoms with Gasteiger partial charge in [0, 0.05) is 5.69 Å². The van der Waals surface area contributed by atoms with E-state index in [1.54, 1.807) is 24.3 Å². The number of hydrogen-bond donors (Lipinski definition) is 1. The molecule has 0 unspecified atom stereocenters. The summed E-state index contributed by atoms with van der Waals surface area (Å²) in [5, 5.41) is 0. The van der Waals surface area contributed by atoms with Gasteiger partial charge in [-0.3, -0.25) is 4.79 Å². The Bertz CT molecular complexity index is 675. The number of halogens is 2. The molecule has 1 aliphatic rings. The number of ketones is 1. The lowest BCUT2D eigenvalue weighted by molar-refractivity contribution is 0.0941. The first-order chi connectivity index (χ1) is 9.54. The van der Waals surface area contributed by atoms with Gasteiger partial charge in [0.15, 0.2) is 17.4 Å². The molecule has 0 heterocycles. The minimum Gasteiger partial charge on any atom is -0.399 e. The number of rotatable bonds is 3. The Morgan fingerprint density at radius 3 is 2.30 bits per heavy atom. The maximum absolute atomic E-state index is 13.8. The van der Waals surface area contributed by atoms with Gasteiger partial charge in [0.05, 0.1) is 11.0 Å². The minimum atomic E-state index is -1.07. The summed E-state index contributed by atoms with van der Waals surface area (Å²) in [7, 11) is 0. The quantitative estimate of drug-likeness (QED) is 0.687. The van der Waals surface area contributed by atoms with E-state index in [-0.39, 0.29) is 11.3 Å². The van der Waals surface area contributed by atoms with Crippen LogP contribution in [0, 0.1) is 11.6 Å². The van der Waals surface area contributed by atoms with Crippen molar-refractivity contribution in [3.63, 3.8) is 0 Å². The monoisotopic (exact) mass is 273 g/mol. The Morgan fingerprint density at radius 1 is 1.05 bits per heavy atom. The van der Waals surface area contributed by atoms with Gasteiger partial charge < -0.3 is 5.73 Å². The average Bonchev–Trinajstić information content (AvgIpc) is 3.23. The van der Waals surface area contributed by atoms with Gasteiger partial charge in [-0.2, -0.15) is 0 Å². The van der Waals surface area contributed by atoms with E-state index < -0.39 is 17.0 Å². The molecule has 0 spiro atoms. The van der Waals surface area contributed by atoms with Crippen LogP contribution in [-0.2, 0) is 5.41 Å². The lowest BCUT2D eigenvalue weighted by Crippen LogP contribution is -2.22. The molecule has 0 amide bonds. The van der Waals surface area contributed by atoms with Crippen LogP contribution in [0.4, 0.5) is 14.5 Å². The predicted octanol–water partition coefficient (Wildman–Crippen LogP) is 3.46. The fourth-order valence-electron chi connectivity index (χ4n) is 2.51. The van der Waals surface area contributed by atoms with Gasteiger partial charge in [0.1, 0.15) is 0 Å². The van der Waals surface area contributed by atoms with Crippen LogP contribution in [0.5, 0.6) is 0 Å². The van der Waals surface area contributed by atoms with E-state index in [1.165, 1.54) is 12.1 Å². The number of Topliss-reactive ketones (excluding diaryl/α,β-unsaturated/α-hetero) is 1. The smallest absolute Gasteiger partial charge is 0.176 e. The van der Waals surface area contributed by atoms with Gasteiger partial charge in [0.25, 0.3) is 0 Å². The summed E-state index contributed by atoms with van der Waals surface area (Å²) >= 11 is 0. The molecular weight excluding hydrogens is 260 g/mol. The number of benzene rings is 2. The molecule has 0 aliphatic heterocycles. The summed E-state index contributed by atoms with van der Waals surface area (Å²) in [5.41, 5.74) is 6.14. The van der Waals surface area contributed by atoms with Gasteiger partial charge >= 0.3 is 0 Å². The van der Waals surface area contributed by atoms with Gasteiger partial charge in [0.2, 0.25) is 0 Å². The van der Waals surface area contributed by atoms with Crippen molar-refractivity contribution in [1.29, 1.82) is 0 Å². The SMILES string of the molecule is Nc1ccc(C2(C(=O)c3cccc(F)c3F)CC2)cc1.